The molecule has 0 spiro atoms. The summed E-state index contributed by atoms with van der Waals surface area (Å²) in [6.45, 7) is 2.52. The number of ether oxygens (including phenoxy) is 1. The van der Waals surface area contributed by atoms with Crippen LogP contribution in [0.4, 0.5) is 0 Å². The monoisotopic (exact) mass is 241 g/mol. The van der Waals surface area contributed by atoms with E-state index in [4.69, 9.17) is 9.88 Å². The van der Waals surface area contributed by atoms with Gasteiger partial charge >= 0.3 is 0 Å². The molecule has 88 valence electrons. The van der Waals surface area contributed by atoms with Crippen LogP contribution in [-0.2, 0) is 10.0 Å². The molecule has 16 heavy (non-hydrogen) atoms. The molecular formula is C11H15NO3S. The van der Waals surface area contributed by atoms with Crippen molar-refractivity contribution in [3.63, 3.8) is 0 Å². The van der Waals surface area contributed by atoms with Crippen LogP contribution in [0.2, 0.25) is 0 Å². The molecule has 1 heterocycles. The molecule has 0 amide bonds. The first-order valence-corrected chi connectivity index (χ1v) is 6.91. The van der Waals surface area contributed by atoms with Crippen molar-refractivity contribution in [2.24, 2.45) is 11.1 Å². The highest BCUT2D eigenvalue weighted by Gasteiger charge is 2.30. The summed E-state index contributed by atoms with van der Waals surface area (Å²) in [7, 11) is -3.45. The van der Waals surface area contributed by atoms with Crippen LogP contribution >= 0.6 is 0 Å². The number of hydrogen-bond acceptors (Lipinski definition) is 3. The molecule has 4 nitrogen and oxygen atoms in total. The molecule has 0 radical (unpaired) electrons. The Bertz CT molecular complexity index is 484. The average Bonchev–Trinajstić information content (AvgIpc) is 2.21. The molecule has 1 aromatic rings. The third kappa shape index (κ3) is 2.36. The van der Waals surface area contributed by atoms with E-state index in [1.165, 1.54) is 0 Å². The number of fused-ring (bicyclic) bond motifs is 1. The van der Waals surface area contributed by atoms with Gasteiger partial charge in [0.05, 0.1) is 12.4 Å². The highest BCUT2D eigenvalue weighted by Crippen LogP contribution is 2.37. The summed E-state index contributed by atoms with van der Waals surface area (Å²) in [5, 5.41) is 5.12. The van der Waals surface area contributed by atoms with Gasteiger partial charge in [-0.3, -0.25) is 0 Å². The van der Waals surface area contributed by atoms with E-state index in [1.54, 1.807) is 0 Å². The standard InChI is InChI=1S/C11H15NO3S/c1-8-6-15-11-5-3-2-4-9(11)10(8)7-16(12,13)14/h2-5,8,10H,6-7H2,1H3,(H2,12,13,14)/t8-,10+/m0/s1. The molecule has 1 aromatic carbocycles. The van der Waals surface area contributed by atoms with E-state index in [1.807, 2.05) is 31.2 Å². The van der Waals surface area contributed by atoms with Crippen LogP contribution in [0.15, 0.2) is 24.3 Å². The van der Waals surface area contributed by atoms with Gasteiger partial charge in [-0.05, 0) is 17.5 Å². The quantitative estimate of drug-likeness (QED) is 0.842. The van der Waals surface area contributed by atoms with Gasteiger partial charge in [-0.25, -0.2) is 13.6 Å². The SMILES string of the molecule is C[C@H]1COc2ccccc2[C@@H]1CS(N)(=O)=O. The lowest BCUT2D eigenvalue weighted by Gasteiger charge is -2.30. The second kappa shape index (κ2) is 4.07. The minimum Gasteiger partial charge on any atom is -0.493 e. The van der Waals surface area contributed by atoms with Crippen molar-refractivity contribution >= 4 is 10.0 Å². The van der Waals surface area contributed by atoms with Crippen molar-refractivity contribution in [3.05, 3.63) is 29.8 Å². The lowest BCUT2D eigenvalue weighted by atomic mass is 9.87. The Morgan fingerprint density at radius 1 is 1.44 bits per heavy atom. The highest BCUT2D eigenvalue weighted by molar-refractivity contribution is 7.89. The summed E-state index contributed by atoms with van der Waals surface area (Å²) in [4.78, 5) is 0. The normalized spacial score (nSPS) is 24.6. The predicted octanol–water partition coefficient (Wildman–Crippen LogP) is 1.09. The van der Waals surface area contributed by atoms with Gasteiger partial charge < -0.3 is 4.74 Å². The van der Waals surface area contributed by atoms with E-state index in [-0.39, 0.29) is 17.6 Å². The first-order valence-electron chi connectivity index (χ1n) is 5.19. The van der Waals surface area contributed by atoms with E-state index in [9.17, 15) is 8.42 Å². The van der Waals surface area contributed by atoms with Crippen LogP contribution in [0.3, 0.4) is 0 Å². The third-order valence-electron chi connectivity index (χ3n) is 2.92. The molecule has 0 bridgehead atoms. The zero-order chi connectivity index (χ0) is 11.8. The Labute approximate surface area is 95.5 Å². The average molecular weight is 241 g/mol. The van der Waals surface area contributed by atoms with Crippen molar-refractivity contribution in [2.45, 2.75) is 12.8 Å². The van der Waals surface area contributed by atoms with E-state index in [2.05, 4.69) is 0 Å². The maximum Gasteiger partial charge on any atom is 0.209 e. The number of rotatable bonds is 2. The van der Waals surface area contributed by atoms with Crippen LogP contribution in [-0.4, -0.2) is 20.8 Å². The topological polar surface area (TPSA) is 69.4 Å². The Kier molecular flexibility index (Phi) is 2.90. The lowest BCUT2D eigenvalue weighted by molar-refractivity contribution is 0.212. The van der Waals surface area contributed by atoms with Gasteiger partial charge in [-0.1, -0.05) is 25.1 Å². The van der Waals surface area contributed by atoms with E-state index in [0.717, 1.165) is 11.3 Å². The van der Waals surface area contributed by atoms with Gasteiger partial charge in [0.25, 0.3) is 0 Å². The number of nitrogens with two attached hydrogens (primary N) is 1. The van der Waals surface area contributed by atoms with E-state index in [0.29, 0.717) is 6.61 Å². The predicted molar refractivity (Wildman–Crippen MR) is 61.8 cm³/mol. The lowest BCUT2D eigenvalue weighted by Crippen LogP contribution is -2.31. The molecule has 2 rings (SSSR count). The summed E-state index contributed by atoms with van der Waals surface area (Å²) < 4.78 is 27.9. The van der Waals surface area contributed by atoms with Crippen LogP contribution in [0.1, 0.15) is 18.4 Å². The minimum absolute atomic E-state index is 0.0193. The molecule has 1 aliphatic heterocycles. The second-order valence-electron chi connectivity index (χ2n) is 4.26. The third-order valence-corrected chi connectivity index (χ3v) is 3.74. The Morgan fingerprint density at radius 3 is 2.81 bits per heavy atom. The van der Waals surface area contributed by atoms with Crippen LogP contribution in [0.5, 0.6) is 5.75 Å². The molecule has 0 saturated carbocycles. The largest absolute Gasteiger partial charge is 0.493 e. The van der Waals surface area contributed by atoms with Gasteiger partial charge in [-0.2, -0.15) is 0 Å². The maximum absolute atomic E-state index is 11.2. The van der Waals surface area contributed by atoms with Gasteiger partial charge in [0.2, 0.25) is 10.0 Å². The van der Waals surface area contributed by atoms with E-state index < -0.39 is 10.0 Å². The molecular weight excluding hydrogens is 226 g/mol. The maximum atomic E-state index is 11.2. The number of hydrogen-bond donors (Lipinski definition) is 1. The summed E-state index contributed by atoms with van der Waals surface area (Å²) >= 11 is 0. The molecule has 5 heteroatoms. The highest BCUT2D eigenvalue weighted by atomic mass is 32.2. The number of primary sulfonamides is 1. The van der Waals surface area contributed by atoms with Crippen molar-refractivity contribution in [3.8, 4) is 5.75 Å². The van der Waals surface area contributed by atoms with Crippen LogP contribution in [0.25, 0.3) is 0 Å². The van der Waals surface area contributed by atoms with Gasteiger partial charge in [-0.15, -0.1) is 0 Å². The summed E-state index contributed by atoms with van der Waals surface area (Å²) in [6, 6.07) is 7.53. The first-order chi connectivity index (χ1) is 7.47. The summed E-state index contributed by atoms with van der Waals surface area (Å²) in [5.74, 6) is 0.844. The van der Waals surface area contributed by atoms with Crippen molar-refractivity contribution in [2.75, 3.05) is 12.4 Å². The van der Waals surface area contributed by atoms with Crippen LogP contribution < -0.4 is 9.88 Å². The zero-order valence-electron chi connectivity index (χ0n) is 9.09. The summed E-state index contributed by atoms with van der Waals surface area (Å²) in [5.41, 5.74) is 0.940. The molecule has 0 aliphatic carbocycles. The summed E-state index contributed by atoms with van der Waals surface area (Å²) in [6.07, 6.45) is 0. The number of sulfonamides is 1. The van der Waals surface area contributed by atoms with Crippen LogP contribution in [0, 0.1) is 5.92 Å². The fourth-order valence-electron chi connectivity index (χ4n) is 2.07. The Balaban J connectivity index is 2.37. The Morgan fingerprint density at radius 2 is 2.12 bits per heavy atom. The molecule has 0 saturated heterocycles. The number of benzene rings is 1. The zero-order valence-corrected chi connectivity index (χ0v) is 9.91. The van der Waals surface area contributed by atoms with Crippen molar-refractivity contribution < 1.29 is 13.2 Å². The Hall–Kier alpha value is -1.07. The van der Waals surface area contributed by atoms with Gasteiger partial charge in [0.1, 0.15) is 5.75 Å². The molecule has 1 aliphatic rings. The smallest absolute Gasteiger partial charge is 0.209 e. The van der Waals surface area contributed by atoms with Crippen molar-refractivity contribution in [1.82, 2.24) is 0 Å². The van der Waals surface area contributed by atoms with Gasteiger partial charge in [0.15, 0.2) is 0 Å². The van der Waals surface area contributed by atoms with E-state index >= 15 is 0 Å². The molecule has 0 fully saturated rings. The molecule has 2 atom stereocenters. The fourth-order valence-corrected chi connectivity index (χ4v) is 3.08. The van der Waals surface area contributed by atoms with Gasteiger partial charge in [0, 0.05) is 5.92 Å². The molecule has 0 unspecified atom stereocenters. The van der Waals surface area contributed by atoms with Crippen molar-refractivity contribution in [1.29, 1.82) is 0 Å². The first kappa shape index (κ1) is 11.4. The molecule has 0 aromatic heterocycles. The fraction of sp³-hybridized carbons (Fsp3) is 0.455. The number of para-hydroxylation sites is 1. The second-order valence-corrected chi connectivity index (χ2v) is 5.92. The molecule has 2 N–H and O–H groups in total. The minimum atomic E-state index is -3.45.